The molecule has 1 unspecified atom stereocenters. The van der Waals surface area contributed by atoms with Crippen molar-refractivity contribution >= 4 is 17.6 Å². The minimum Gasteiger partial charge on any atom is -0.461 e. The highest BCUT2D eigenvalue weighted by Crippen LogP contribution is 2.25. The average molecular weight is 390 g/mol. The molecule has 3 aromatic rings. The van der Waals surface area contributed by atoms with Crippen LogP contribution in [-0.4, -0.2) is 46.2 Å². The van der Waals surface area contributed by atoms with E-state index in [9.17, 15) is 15.2 Å². The number of imidazole rings is 1. The van der Waals surface area contributed by atoms with Crippen molar-refractivity contribution < 1.29 is 14.4 Å². The van der Waals surface area contributed by atoms with Crippen LogP contribution in [0.2, 0.25) is 0 Å². The Kier molecular flexibility index (Phi) is 5.72. The summed E-state index contributed by atoms with van der Waals surface area (Å²) in [5.74, 6) is 1.76. The van der Waals surface area contributed by atoms with Gasteiger partial charge in [-0.3, -0.25) is 4.57 Å². The summed E-state index contributed by atoms with van der Waals surface area (Å²) in [6, 6.07) is 3.55. The quantitative estimate of drug-likeness (QED) is 0.255. The van der Waals surface area contributed by atoms with E-state index in [1.807, 2.05) is 4.57 Å². The van der Waals surface area contributed by atoms with Crippen molar-refractivity contribution in [3.05, 3.63) is 53.2 Å². The Balaban J connectivity index is 1.71. The lowest BCUT2D eigenvalue weighted by molar-refractivity contribution is -0.392. The molecule has 0 aliphatic carbocycles. The summed E-state index contributed by atoms with van der Waals surface area (Å²) in [5, 5.41) is 30.3. The van der Waals surface area contributed by atoms with Crippen LogP contribution in [0.15, 0.2) is 46.8 Å². The third-order valence-electron chi connectivity index (χ3n) is 3.79. The van der Waals surface area contributed by atoms with E-state index in [1.54, 1.807) is 31.4 Å². The molecule has 0 radical (unpaired) electrons. The number of nitro groups is 1. The van der Waals surface area contributed by atoms with E-state index < -0.39 is 11.0 Å². The second-order valence-electron chi connectivity index (χ2n) is 5.68. The molecule has 1 N–H and O–H groups in total. The average Bonchev–Trinajstić information content (AvgIpc) is 3.35. The fourth-order valence-corrected chi connectivity index (χ4v) is 3.40. The van der Waals surface area contributed by atoms with E-state index in [2.05, 4.69) is 21.8 Å². The highest BCUT2D eigenvalue weighted by atomic mass is 32.2. The fraction of sp³-hybridized carbons (Fsp3) is 0.312. The van der Waals surface area contributed by atoms with Crippen LogP contribution in [0.5, 0.6) is 0 Å². The maximum absolute atomic E-state index is 11.0. The molecule has 0 aliphatic rings. The van der Waals surface area contributed by atoms with Crippen LogP contribution in [0.1, 0.15) is 5.82 Å². The number of aryl methyl sites for hydroxylation is 1. The summed E-state index contributed by atoms with van der Waals surface area (Å²) in [5.41, 5.74) is 0. The monoisotopic (exact) mass is 390 g/mol. The molecule has 0 aliphatic heterocycles. The molecule has 142 valence electrons. The summed E-state index contributed by atoms with van der Waals surface area (Å²) in [6.45, 7) is 5.94. The van der Waals surface area contributed by atoms with Crippen molar-refractivity contribution in [2.75, 3.05) is 5.75 Å². The molecule has 10 nitrogen and oxygen atoms in total. The van der Waals surface area contributed by atoms with Crippen molar-refractivity contribution in [2.45, 2.75) is 31.3 Å². The fourth-order valence-electron chi connectivity index (χ4n) is 2.54. The lowest BCUT2D eigenvalue weighted by atomic mass is 10.4. The van der Waals surface area contributed by atoms with Crippen LogP contribution in [0.3, 0.4) is 0 Å². The topological polar surface area (TPSA) is 125 Å². The molecule has 3 heterocycles. The van der Waals surface area contributed by atoms with Crippen molar-refractivity contribution in [3.8, 4) is 11.6 Å². The van der Waals surface area contributed by atoms with Gasteiger partial charge < -0.3 is 19.6 Å². The number of nitrogens with zero attached hydrogens (tertiary/aromatic N) is 6. The van der Waals surface area contributed by atoms with Crippen LogP contribution in [0.4, 0.5) is 5.82 Å². The molecular formula is C16H18N6O4S. The number of aliphatic hydroxyl groups excluding tert-OH is 1. The van der Waals surface area contributed by atoms with Crippen LogP contribution >= 0.6 is 11.8 Å². The van der Waals surface area contributed by atoms with Gasteiger partial charge in [-0.05, 0) is 17.1 Å². The van der Waals surface area contributed by atoms with Gasteiger partial charge in [0.25, 0.3) is 0 Å². The summed E-state index contributed by atoms with van der Waals surface area (Å²) in [4.78, 5) is 14.5. The summed E-state index contributed by atoms with van der Waals surface area (Å²) in [7, 11) is 0. The Morgan fingerprint density at radius 2 is 2.30 bits per heavy atom. The zero-order valence-electron chi connectivity index (χ0n) is 14.6. The zero-order valence-corrected chi connectivity index (χ0v) is 15.4. The first-order valence-electron chi connectivity index (χ1n) is 8.06. The van der Waals surface area contributed by atoms with Gasteiger partial charge in [-0.2, -0.15) is 0 Å². The number of thioether (sulfide) groups is 1. The van der Waals surface area contributed by atoms with Crippen molar-refractivity contribution in [2.24, 2.45) is 0 Å². The Hall–Kier alpha value is -2.92. The van der Waals surface area contributed by atoms with Crippen LogP contribution in [0, 0.1) is 17.0 Å². The van der Waals surface area contributed by atoms with Crippen molar-refractivity contribution in [1.82, 2.24) is 24.3 Å². The first-order chi connectivity index (χ1) is 13.0. The number of aliphatic hydroxyl groups is 1. The predicted octanol–water partition coefficient (Wildman–Crippen LogP) is 2.29. The lowest BCUT2D eigenvalue weighted by Crippen LogP contribution is -2.20. The van der Waals surface area contributed by atoms with Gasteiger partial charge in [0.1, 0.15) is 18.8 Å². The molecule has 27 heavy (non-hydrogen) atoms. The molecule has 0 amide bonds. The van der Waals surface area contributed by atoms with E-state index in [4.69, 9.17) is 4.42 Å². The summed E-state index contributed by atoms with van der Waals surface area (Å²) < 4.78 is 8.58. The third kappa shape index (κ3) is 4.09. The van der Waals surface area contributed by atoms with Crippen LogP contribution < -0.4 is 0 Å². The molecular weight excluding hydrogens is 372 g/mol. The number of allylic oxidation sites excluding steroid dienone is 1. The van der Waals surface area contributed by atoms with Crippen molar-refractivity contribution in [3.63, 3.8) is 0 Å². The van der Waals surface area contributed by atoms with E-state index in [-0.39, 0.29) is 18.1 Å². The first-order valence-corrected chi connectivity index (χ1v) is 9.05. The van der Waals surface area contributed by atoms with Gasteiger partial charge in [0.05, 0.1) is 6.26 Å². The molecule has 0 saturated heterocycles. The van der Waals surface area contributed by atoms with Gasteiger partial charge in [0, 0.05) is 19.2 Å². The number of hydrogen-bond acceptors (Lipinski definition) is 8. The van der Waals surface area contributed by atoms with Gasteiger partial charge in [0.2, 0.25) is 5.82 Å². The number of hydrogen-bond donors (Lipinski definition) is 1. The Morgan fingerprint density at radius 1 is 1.48 bits per heavy atom. The molecule has 0 aromatic carbocycles. The molecule has 1 atom stereocenters. The largest absolute Gasteiger partial charge is 0.461 e. The third-order valence-corrected chi connectivity index (χ3v) is 4.90. The molecule has 3 aromatic heterocycles. The van der Waals surface area contributed by atoms with Gasteiger partial charge in [-0.15, -0.1) is 16.8 Å². The second-order valence-corrected chi connectivity index (χ2v) is 6.67. The number of rotatable bonds is 9. The second kappa shape index (κ2) is 8.18. The zero-order chi connectivity index (χ0) is 19.4. The molecule has 0 fully saturated rings. The number of aromatic nitrogens is 5. The smallest absolute Gasteiger partial charge is 0.342 e. The highest BCUT2D eigenvalue weighted by molar-refractivity contribution is 7.99. The van der Waals surface area contributed by atoms with Crippen LogP contribution in [-0.2, 0) is 13.1 Å². The number of furan rings is 1. The van der Waals surface area contributed by atoms with Crippen molar-refractivity contribution in [1.29, 1.82) is 0 Å². The molecule has 0 bridgehead atoms. The summed E-state index contributed by atoms with van der Waals surface area (Å²) >= 11 is 1.30. The lowest BCUT2D eigenvalue weighted by Gasteiger charge is -2.11. The minimum absolute atomic E-state index is 0.0653. The molecule has 0 saturated carbocycles. The van der Waals surface area contributed by atoms with E-state index in [0.717, 1.165) is 0 Å². The standard InChI is InChI=1S/C16H18N6O4S/c1-3-6-20-15(13-5-4-7-26-13)18-19-16(20)27-10-12(23)9-21-11(2)17-8-14(21)22(24)25/h3-5,7-8,12,23H,1,6,9-10H2,2H3. The molecule has 0 spiro atoms. The van der Waals surface area contributed by atoms with E-state index in [0.29, 0.717) is 29.1 Å². The summed E-state index contributed by atoms with van der Waals surface area (Å²) in [6.07, 6.45) is 3.63. The Morgan fingerprint density at radius 3 is 2.96 bits per heavy atom. The normalized spacial score (nSPS) is 12.2. The maximum atomic E-state index is 11.0. The highest BCUT2D eigenvalue weighted by Gasteiger charge is 2.22. The SMILES string of the molecule is C=CCn1c(SCC(O)Cn2c([N+](=O)[O-])cnc2C)nnc1-c1ccco1. The predicted molar refractivity (Wildman–Crippen MR) is 98.3 cm³/mol. The Bertz CT molecular complexity index is 933. The minimum atomic E-state index is -0.831. The van der Waals surface area contributed by atoms with E-state index in [1.165, 1.54) is 22.5 Å². The van der Waals surface area contributed by atoms with Crippen LogP contribution in [0.25, 0.3) is 11.6 Å². The van der Waals surface area contributed by atoms with E-state index >= 15 is 0 Å². The maximum Gasteiger partial charge on any atom is 0.342 e. The van der Waals surface area contributed by atoms with Gasteiger partial charge in [-0.25, -0.2) is 9.55 Å². The van der Waals surface area contributed by atoms with Gasteiger partial charge >= 0.3 is 5.82 Å². The van der Waals surface area contributed by atoms with Gasteiger partial charge in [0.15, 0.2) is 16.7 Å². The molecule has 3 rings (SSSR count). The molecule has 11 heteroatoms. The van der Waals surface area contributed by atoms with Gasteiger partial charge in [-0.1, -0.05) is 17.8 Å². The first kappa shape index (κ1) is 18.9. The Labute approximate surface area is 158 Å².